The van der Waals surface area contributed by atoms with Crippen LogP contribution in [0.15, 0.2) is 35.1 Å². The standard InChI is InChI=1S/C16H21N5O3/c1-23-15-4-5-17-16(19-15)21-8-6-20(7-9-21)12-14(22)18-11-13-3-2-10-24-13/h2-5,10H,6-9,11-12H2,1H3,(H,18,22). The van der Waals surface area contributed by atoms with E-state index in [2.05, 4.69) is 25.1 Å². The monoisotopic (exact) mass is 331 g/mol. The number of nitrogens with one attached hydrogen (secondary N) is 1. The van der Waals surface area contributed by atoms with Gasteiger partial charge in [-0.25, -0.2) is 4.98 Å². The summed E-state index contributed by atoms with van der Waals surface area (Å²) in [6, 6.07) is 5.37. The van der Waals surface area contributed by atoms with Gasteiger partial charge in [-0.15, -0.1) is 0 Å². The van der Waals surface area contributed by atoms with Crippen molar-refractivity contribution in [1.29, 1.82) is 0 Å². The molecule has 3 heterocycles. The molecule has 8 nitrogen and oxygen atoms in total. The molecular weight excluding hydrogens is 310 g/mol. The average molecular weight is 331 g/mol. The van der Waals surface area contributed by atoms with E-state index in [1.165, 1.54) is 0 Å². The average Bonchev–Trinajstić information content (AvgIpc) is 3.14. The van der Waals surface area contributed by atoms with Crippen LogP contribution in [0.2, 0.25) is 0 Å². The molecule has 1 saturated heterocycles. The second-order valence-corrected chi connectivity index (χ2v) is 5.52. The molecule has 3 rings (SSSR count). The summed E-state index contributed by atoms with van der Waals surface area (Å²) in [5.74, 6) is 1.97. The molecule has 1 aliphatic heterocycles. The molecule has 0 bridgehead atoms. The molecule has 1 N–H and O–H groups in total. The number of methoxy groups -OCH3 is 1. The van der Waals surface area contributed by atoms with Crippen molar-refractivity contribution in [2.24, 2.45) is 0 Å². The Morgan fingerprint density at radius 3 is 2.88 bits per heavy atom. The first-order chi connectivity index (χ1) is 11.7. The quantitative estimate of drug-likeness (QED) is 0.826. The Morgan fingerprint density at radius 1 is 1.33 bits per heavy atom. The van der Waals surface area contributed by atoms with Crippen LogP contribution in [0, 0.1) is 0 Å². The van der Waals surface area contributed by atoms with Crippen molar-refractivity contribution in [2.45, 2.75) is 6.54 Å². The second-order valence-electron chi connectivity index (χ2n) is 5.52. The van der Waals surface area contributed by atoms with Gasteiger partial charge in [0.2, 0.25) is 17.7 Å². The third-order valence-electron chi connectivity index (χ3n) is 3.89. The summed E-state index contributed by atoms with van der Waals surface area (Å²) in [7, 11) is 1.59. The van der Waals surface area contributed by atoms with Crippen molar-refractivity contribution in [3.8, 4) is 5.88 Å². The van der Waals surface area contributed by atoms with Gasteiger partial charge in [-0.3, -0.25) is 9.69 Å². The van der Waals surface area contributed by atoms with Gasteiger partial charge in [0.15, 0.2) is 0 Å². The number of rotatable bonds is 6. The maximum Gasteiger partial charge on any atom is 0.234 e. The number of carbonyl (C=O) groups excluding carboxylic acids is 1. The molecule has 2 aromatic rings. The van der Waals surface area contributed by atoms with E-state index in [-0.39, 0.29) is 5.91 Å². The van der Waals surface area contributed by atoms with E-state index in [9.17, 15) is 4.79 Å². The van der Waals surface area contributed by atoms with E-state index in [1.54, 1.807) is 31.7 Å². The van der Waals surface area contributed by atoms with Crippen LogP contribution in [0.1, 0.15) is 5.76 Å². The molecule has 0 radical (unpaired) electrons. The topological polar surface area (TPSA) is 83.7 Å². The lowest BCUT2D eigenvalue weighted by molar-refractivity contribution is -0.122. The summed E-state index contributed by atoms with van der Waals surface area (Å²) < 4.78 is 10.3. The summed E-state index contributed by atoms with van der Waals surface area (Å²) in [5.41, 5.74) is 0. The van der Waals surface area contributed by atoms with Crippen LogP contribution in [0.4, 0.5) is 5.95 Å². The highest BCUT2D eigenvalue weighted by molar-refractivity contribution is 5.77. The van der Waals surface area contributed by atoms with E-state index >= 15 is 0 Å². The smallest absolute Gasteiger partial charge is 0.234 e. The molecule has 128 valence electrons. The molecule has 0 atom stereocenters. The lowest BCUT2D eigenvalue weighted by Crippen LogP contribution is -2.49. The van der Waals surface area contributed by atoms with Gasteiger partial charge in [0, 0.05) is 38.4 Å². The van der Waals surface area contributed by atoms with Crippen LogP contribution in [-0.2, 0) is 11.3 Å². The summed E-state index contributed by atoms with van der Waals surface area (Å²) in [4.78, 5) is 24.8. The molecular formula is C16H21N5O3. The number of aromatic nitrogens is 2. The summed E-state index contributed by atoms with van der Waals surface area (Å²) in [6.45, 7) is 3.93. The third kappa shape index (κ3) is 4.23. The molecule has 0 unspecified atom stereocenters. The third-order valence-corrected chi connectivity index (χ3v) is 3.89. The Morgan fingerprint density at radius 2 is 2.17 bits per heavy atom. The molecule has 0 aromatic carbocycles. The number of nitrogens with zero attached hydrogens (tertiary/aromatic N) is 4. The van der Waals surface area contributed by atoms with Crippen LogP contribution in [0.5, 0.6) is 5.88 Å². The number of hydrogen-bond donors (Lipinski definition) is 1. The SMILES string of the molecule is COc1ccnc(N2CCN(CC(=O)NCc3ccco3)CC2)n1. The Balaban J connectivity index is 1.43. The first kappa shape index (κ1) is 16.3. The maximum absolute atomic E-state index is 12.0. The number of hydrogen-bond acceptors (Lipinski definition) is 7. The number of carbonyl (C=O) groups is 1. The fraction of sp³-hybridized carbons (Fsp3) is 0.438. The fourth-order valence-corrected chi connectivity index (χ4v) is 2.56. The Labute approximate surface area is 140 Å². The van der Waals surface area contributed by atoms with Gasteiger partial charge in [0.25, 0.3) is 0 Å². The Bertz CT molecular complexity index is 653. The summed E-state index contributed by atoms with van der Waals surface area (Å²) >= 11 is 0. The lowest BCUT2D eigenvalue weighted by atomic mass is 10.3. The molecule has 2 aromatic heterocycles. The van der Waals surface area contributed by atoms with E-state index < -0.39 is 0 Å². The van der Waals surface area contributed by atoms with Crippen LogP contribution in [-0.4, -0.2) is 60.6 Å². The van der Waals surface area contributed by atoms with E-state index in [4.69, 9.17) is 9.15 Å². The largest absolute Gasteiger partial charge is 0.481 e. The highest BCUT2D eigenvalue weighted by Crippen LogP contribution is 2.14. The van der Waals surface area contributed by atoms with Crippen LogP contribution < -0.4 is 15.0 Å². The van der Waals surface area contributed by atoms with Gasteiger partial charge in [0.1, 0.15) is 5.76 Å². The predicted octanol–water partition coefficient (Wildman–Crippen LogP) is 0.517. The lowest BCUT2D eigenvalue weighted by Gasteiger charge is -2.34. The zero-order valence-corrected chi connectivity index (χ0v) is 13.6. The van der Waals surface area contributed by atoms with Gasteiger partial charge in [-0.1, -0.05) is 0 Å². The molecule has 0 saturated carbocycles. The molecule has 8 heteroatoms. The molecule has 0 aliphatic carbocycles. The van der Waals surface area contributed by atoms with Crippen molar-refractivity contribution in [3.05, 3.63) is 36.4 Å². The van der Waals surface area contributed by atoms with Crippen LogP contribution in [0.25, 0.3) is 0 Å². The van der Waals surface area contributed by atoms with Crippen molar-refractivity contribution < 1.29 is 13.9 Å². The Hall–Kier alpha value is -2.61. The molecule has 1 fully saturated rings. The normalized spacial score (nSPS) is 15.3. The minimum absolute atomic E-state index is 0.00233. The second kappa shape index (κ2) is 7.78. The van der Waals surface area contributed by atoms with E-state index in [0.717, 1.165) is 31.9 Å². The van der Waals surface area contributed by atoms with Gasteiger partial charge in [-0.05, 0) is 12.1 Å². The van der Waals surface area contributed by atoms with Crippen molar-refractivity contribution in [2.75, 3.05) is 44.7 Å². The van der Waals surface area contributed by atoms with Gasteiger partial charge >= 0.3 is 0 Å². The number of ether oxygens (including phenoxy) is 1. The maximum atomic E-state index is 12.0. The minimum Gasteiger partial charge on any atom is -0.481 e. The zero-order chi connectivity index (χ0) is 16.8. The van der Waals surface area contributed by atoms with Crippen molar-refractivity contribution >= 4 is 11.9 Å². The number of amides is 1. The van der Waals surface area contributed by atoms with Gasteiger partial charge < -0.3 is 19.4 Å². The fourth-order valence-electron chi connectivity index (χ4n) is 2.56. The van der Waals surface area contributed by atoms with E-state index in [1.807, 2.05) is 6.07 Å². The number of furan rings is 1. The van der Waals surface area contributed by atoms with Crippen molar-refractivity contribution in [1.82, 2.24) is 20.2 Å². The molecule has 1 amide bonds. The summed E-state index contributed by atoms with van der Waals surface area (Å²) in [5, 5.41) is 2.86. The van der Waals surface area contributed by atoms with Gasteiger partial charge in [0.05, 0.1) is 26.5 Å². The molecule has 1 aliphatic rings. The van der Waals surface area contributed by atoms with Crippen LogP contribution >= 0.6 is 0 Å². The highest BCUT2D eigenvalue weighted by atomic mass is 16.5. The number of anilines is 1. The minimum atomic E-state index is -0.00233. The van der Waals surface area contributed by atoms with Crippen molar-refractivity contribution in [3.63, 3.8) is 0 Å². The predicted molar refractivity (Wildman–Crippen MR) is 87.8 cm³/mol. The number of piperazine rings is 1. The molecule has 0 spiro atoms. The Kier molecular flexibility index (Phi) is 5.27. The summed E-state index contributed by atoms with van der Waals surface area (Å²) in [6.07, 6.45) is 3.29. The first-order valence-corrected chi connectivity index (χ1v) is 7.88. The zero-order valence-electron chi connectivity index (χ0n) is 13.6. The van der Waals surface area contributed by atoms with Crippen LogP contribution in [0.3, 0.4) is 0 Å². The van der Waals surface area contributed by atoms with E-state index in [0.29, 0.717) is 24.9 Å². The first-order valence-electron chi connectivity index (χ1n) is 7.88. The van der Waals surface area contributed by atoms with Gasteiger partial charge in [-0.2, -0.15) is 4.98 Å². The highest BCUT2D eigenvalue weighted by Gasteiger charge is 2.21. The molecule has 24 heavy (non-hydrogen) atoms.